The van der Waals surface area contributed by atoms with Gasteiger partial charge >= 0.3 is 66.9 Å². The molecule has 0 aromatic carbocycles. The topological polar surface area (TPSA) is 34.1 Å². The summed E-state index contributed by atoms with van der Waals surface area (Å²) in [7, 11) is 0. The third-order valence-electron chi connectivity index (χ3n) is 2.01. The van der Waals surface area contributed by atoms with Crippen LogP contribution in [-0.4, -0.2) is 13.6 Å². The molecule has 0 aromatic heterocycles. The molecule has 72 valence electrons. The van der Waals surface area contributed by atoms with Gasteiger partial charge in [0.1, 0.15) is 0 Å². The Hall–Kier alpha value is -0.531. The fourth-order valence-corrected chi connectivity index (χ4v) is 2.09. The van der Waals surface area contributed by atoms with Gasteiger partial charge in [0.05, 0.1) is 0 Å². The van der Waals surface area contributed by atoms with Gasteiger partial charge in [-0.2, -0.15) is 0 Å². The van der Waals surface area contributed by atoms with E-state index in [0.29, 0.717) is 0 Å². The van der Waals surface area contributed by atoms with Gasteiger partial charge in [0.2, 0.25) is 0 Å². The SMILES string of the molecule is CC1=C(C)C(C)=[C]([Ir])C1.[C]=O.[C]=O. The molecule has 0 atom stereocenters. The van der Waals surface area contributed by atoms with Crippen LogP contribution in [-0.2, 0) is 28.5 Å². The quantitative estimate of drug-likeness (QED) is 0.664. The summed E-state index contributed by atoms with van der Waals surface area (Å²) < 4.78 is 1.55. The molecule has 13 heavy (non-hydrogen) atoms. The summed E-state index contributed by atoms with van der Waals surface area (Å²) in [5.74, 6) is 0. The Morgan fingerprint density at radius 3 is 1.46 bits per heavy atom. The van der Waals surface area contributed by atoms with Crippen LogP contribution in [0.4, 0.5) is 0 Å². The van der Waals surface area contributed by atoms with Gasteiger partial charge in [0, 0.05) is 0 Å². The Balaban J connectivity index is 0. The number of hydrogen-bond donors (Lipinski definition) is 0. The first kappa shape index (κ1) is 15.0. The average molecular weight is 355 g/mol. The Morgan fingerprint density at radius 1 is 1.00 bits per heavy atom. The predicted molar refractivity (Wildman–Crippen MR) is 47.1 cm³/mol. The van der Waals surface area contributed by atoms with E-state index in [2.05, 4.69) is 53.2 Å². The molecule has 3 heteroatoms. The number of carbonyl (C=O) groups excluding carboxylic acids is 2. The molecule has 0 unspecified atom stereocenters. The molecule has 4 radical (unpaired) electrons. The monoisotopic (exact) mass is 356 g/mol. The van der Waals surface area contributed by atoms with Crippen LogP contribution in [0.1, 0.15) is 27.2 Å². The van der Waals surface area contributed by atoms with Crippen molar-refractivity contribution in [2.75, 3.05) is 0 Å². The molecule has 1 aliphatic rings. The summed E-state index contributed by atoms with van der Waals surface area (Å²) in [6.07, 6.45) is 1.21. The van der Waals surface area contributed by atoms with Gasteiger partial charge in [-0.3, -0.25) is 9.59 Å². The van der Waals surface area contributed by atoms with E-state index in [1.54, 1.807) is 9.66 Å². The van der Waals surface area contributed by atoms with E-state index < -0.39 is 0 Å². The smallest absolute Gasteiger partial charge is 0.281 e. The summed E-state index contributed by atoms with van der Waals surface area (Å²) in [6.45, 7) is 15.6. The average Bonchev–Trinajstić information content (AvgIpc) is 2.40. The number of hydrogen-bond acceptors (Lipinski definition) is 2. The Morgan fingerprint density at radius 2 is 1.38 bits per heavy atom. The Labute approximate surface area is 90.3 Å². The van der Waals surface area contributed by atoms with Crippen LogP contribution in [0.2, 0.25) is 0 Å². The van der Waals surface area contributed by atoms with Crippen LogP contribution >= 0.6 is 0 Å². The largest absolute Gasteiger partial charge is 0.281 e. The first-order valence-corrected chi connectivity index (χ1v) is 4.73. The van der Waals surface area contributed by atoms with Crippen molar-refractivity contribution < 1.29 is 28.5 Å². The molecule has 0 aliphatic heterocycles. The maximum absolute atomic E-state index is 7.50. The van der Waals surface area contributed by atoms with Crippen molar-refractivity contribution >= 4 is 13.6 Å². The van der Waals surface area contributed by atoms with Crippen molar-refractivity contribution in [1.82, 2.24) is 0 Å². The molecule has 0 saturated heterocycles. The molecular weight excluding hydrogens is 344 g/mol. The van der Waals surface area contributed by atoms with Gasteiger partial charge in [-0.25, -0.2) is 0 Å². The third kappa shape index (κ3) is 4.30. The predicted octanol–water partition coefficient (Wildman–Crippen LogP) is 1.75. The minimum atomic E-state index is 1.21. The molecule has 1 aliphatic carbocycles. The van der Waals surface area contributed by atoms with Crippen molar-refractivity contribution in [1.29, 1.82) is 0 Å². The zero-order valence-electron chi connectivity index (χ0n) is 7.86. The van der Waals surface area contributed by atoms with Gasteiger partial charge in [0.25, 0.3) is 13.6 Å². The molecule has 2 nitrogen and oxygen atoms in total. The van der Waals surface area contributed by atoms with E-state index >= 15 is 0 Å². The number of allylic oxidation sites excluding steroid dienone is 4. The molecule has 0 amide bonds. The van der Waals surface area contributed by atoms with Crippen LogP contribution < -0.4 is 0 Å². The van der Waals surface area contributed by atoms with Crippen LogP contribution in [0.3, 0.4) is 0 Å². The summed E-state index contributed by atoms with van der Waals surface area (Å²) >= 11 is 2.22. The van der Waals surface area contributed by atoms with Gasteiger partial charge in [0.15, 0.2) is 0 Å². The summed E-state index contributed by atoms with van der Waals surface area (Å²) in [4.78, 5) is 15.0. The zero-order valence-corrected chi connectivity index (χ0v) is 10.3. The standard InChI is InChI=1S/C8H11.2CO.Ir/c1-6-4-5-7(2)8(6)3;2*1-2;/h4H2,1-3H3;;;. The van der Waals surface area contributed by atoms with Gasteiger partial charge in [-0.15, -0.1) is 0 Å². The summed E-state index contributed by atoms with van der Waals surface area (Å²) in [6, 6.07) is 0. The second kappa shape index (κ2) is 8.09. The molecule has 1 rings (SSSR count). The molecule has 0 heterocycles. The fourth-order valence-electron chi connectivity index (χ4n) is 1.00. The van der Waals surface area contributed by atoms with Crippen molar-refractivity contribution in [3.63, 3.8) is 0 Å². The van der Waals surface area contributed by atoms with E-state index in [9.17, 15) is 0 Å². The van der Waals surface area contributed by atoms with Crippen molar-refractivity contribution in [2.45, 2.75) is 27.2 Å². The third-order valence-corrected chi connectivity index (χ3v) is 3.33. The van der Waals surface area contributed by atoms with E-state index in [1.807, 2.05) is 0 Å². The Kier molecular flexibility index (Phi) is 9.31. The van der Waals surface area contributed by atoms with Crippen LogP contribution in [0.15, 0.2) is 20.8 Å². The second-order valence-electron chi connectivity index (χ2n) is 2.59. The molecule has 0 spiro atoms. The van der Waals surface area contributed by atoms with Crippen LogP contribution in [0, 0.1) is 0 Å². The zero-order chi connectivity index (χ0) is 11.0. The Bertz CT molecular complexity index is 205. The van der Waals surface area contributed by atoms with Gasteiger partial charge in [-0.1, -0.05) is 0 Å². The first-order chi connectivity index (χ1) is 6.13. The summed E-state index contributed by atoms with van der Waals surface area (Å²) in [5.41, 5.74) is 4.56. The molecule has 0 fully saturated rings. The molecule has 0 bridgehead atoms. The normalized spacial score (nSPS) is 14.5. The summed E-state index contributed by atoms with van der Waals surface area (Å²) in [5, 5.41) is 0. The molecule has 0 aromatic rings. The minimum absolute atomic E-state index is 1.21. The molecule has 0 saturated carbocycles. The van der Waals surface area contributed by atoms with E-state index in [0.717, 1.165) is 0 Å². The maximum Gasteiger partial charge on any atom is 0.281 e. The molecule has 0 N–H and O–H groups in total. The number of rotatable bonds is 0. The molecular formula is C10H11IrO2. The van der Waals surface area contributed by atoms with E-state index in [1.165, 1.54) is 17.6 Å². The van der Waals surface area contributed by atoms with Crippen molar-refractivity contribution in [3.05, 3.63) is 20.8 Å². The van der Waals surface area contributed by atoms with Gasteiger partial charge in [-0.05, 0) is 0 Å². The maximum atomic E-state index is 7.50. The van der Waals surface area contributed by atoms with Crippen molar-refractivity contribution in [3.8, 4) is 0 Å². The van der Waals surface area contributed by atoms with Crippen molar-refractivity contribution in [2.24, 2.45) is 0 Å². The fraction of sp³-hybridized carbons (Fsp3) is 0.400. The van der Waals surface area contributed by atoms with E-state index in [-0.39, 0.29) is 0 Å². The second-order valence-corrected chi connectivity index (χ2v) is 4.03. The van der Waals surface area contributed by atoms with Crippen LogP contribution in [0.5, 0.6) is 0 Å². The minimum Gasteiger partial charge on any atom is -0.281 e. The van der Waals surface area contributed by atoms with E-state index in [4.69, 9.17) is 9.59 Å². The van der Waals surface area contributed by atoms with Gasteiger partial charge < -0.3 is 0 Å². The first-order valence-electron chi connectivity index (χ1n) is 3.53. The van der Waals surface area contributed by atoms with Crippen LogP contribution in [0.25, 0.3) is 0 Å².